The number of ether oxygens (including phenoxy) is 1. The Balaban J connectivity index is 2.66. The summed E-state index contributed by atoms with van der Waals surface area (Å²) in [7, 11) is 0. The average Bonchev–Trinajstić information content (AvgIpc) is 2.72. The zero-order valence-electron chi connectivity index (χ0n) is 19.7. The molecule has 0 aromatic heterocycles. The molecule has 0 fully saturated rings. The summed E-state index contributed by atoms with van der Waals surface area (Å²) in [6.45, 7) is 9.90. The molecule has 0 spiro atoms. The number of hydrogen-bond acceptors (Lipinski definition) is 6. The van der Waals surface area contributed by atoms with Crippen molar-refractivity contribution in [3.05, 3.63) is 35.4 Å². The van der Waals surface area contributed by atoms with Gasteiger partial charge in [-0.05, 0) is 47.5 Å². The van der Waals surface area contributed by atoms with Crippen molar-refractivity contribution in [1.82, 2.24) is 16.0 Å². The SMILES string of the molecule is CSCCC(NC(=O)c1ccc(C(C)(C)C)cc1)C(=O)OCC(=O)NC(=O)NCC(C)C. The molecule has 32 heavy (non-hydrogen) atoms. The van der Waals surface area contributed by atoms with Crippen LogP contribution in [0.4, 0.5) is 4.79 Å². The van der Waals surface area contributed by atoms with Crippen molar-refractivity contribution in [3.63, 3.8) is 0 Å². The van der Waals surface area contributed by atoms with Crippen LogP contribution in [0.2, 0.25) is 0 Å². The summed E-state index contributed by atoms with van der Waals surface area (Å²) in [5.74, 6) is -1.01. The molecule has 4 amide bonds. The largest absolute Gasteiger partial charge is 0.454 e. The minimum Gasteiger partial charge on any atom is -0.454 e. The number of carbonyl (C=O) groups is 4. The molecule has 1 unspecified atom stereocenters. The van der Waals surface area contributed by atoms with Crippen molar-refractivity contribution in [2.75, 3.05) is 25.2 Å². The van der Waals surface area contributed by atoms with E-state index in [0.717, 1.165) is 5.56 Å². The van der Waals surface area contributed by atoms with E-state index in [1.807, 2.05) is 32.2 Å². The lowest BCUT2D eigenvalue weighted by molar-refractivity contribution is -0.150. The summed E-state index contributed by atoms with van der Waals surface area (Å²) < 4.78 is 5.04. The highest BCUT2D eigenvalue weighted by molar-refractivity contribution is 7.98. The lowest BCUT2D eigenvalue weighted by atomic mass is 9.86. The second kappa shape index (κ2) is 13.1. The Morgan fingerprint density at radius 3 is 2.22 bits per heavy atom. The zero-order chi connectivity index (χ0) is 24.3. The molecule has 9 heteroatoms. The van der Waals surface area contributed by atoms with Gasteiger partial charge in [0, 0.05) is 12.1 Å². The second-order valence-electron chi connectivity index (χ2n) is 8.89. The maximum atomic E-state index is 12.6. The van der Waals surface area contributed by atoms with Crippen LogP contribution in [0.3, 0.4) is 0 Å². The monoisotopic (exact) mass is 465 g/mol. The first-order valence-electron chi connectivity index (χ1n) is 10.6. The maximum Gasteiger partial charge on any atom is 0.329 e. The smallest absolute Gasteiger partial charge is 0.329 e. The quantitative estimate of drug-likeness (QED) is 0.458. The topological polar surface area (TPSA) is 114 Å². The van der Waals surface area contributed by atoms with Crippen LogP contribution in [-0.2, 0) is 19.7 Å². The van der Waals surface area contributed by atoms with Gasteiger partial charge in [-0.2, -0.15) is 11.8 Å². The molecule has 0 bridgehead atoms. The van der Waals surface area contributed by atoms with Crippen LogP contribution in [-0.4, -0.2) is 55.0 Å². The van der Waals surface area contributed by atoms with E-state index in [1.165, 1.54) is 11.8 Å². The maximum absolute atomic E-state index is 12.6. The standard InChI is InChI=1S/C23H35N3O5S/c1-15(2)13-24-22(30)26-19(27)14-31-21(29)18(11-12-32-6)25-20(28)16-7-9-17(10-8-16)23(3,4)5/h7-10,15,18H,11-14H2,1-6H3,(H,25,28)(H2,24,26,27,30). The highest BCUT2D eigenvalue weighted by Crippen LogP contribution is 2.22. The number of hydrogen-bond donors (Lipinski definition) is 3. The lowest BCUT2D eigenvalue weighted by Gasteiger charge is -2.20. The molecule has 3 N–H and O–H groups in total. The molecule has 0 aliphatic rings. The van der Waals surface area contributed by atoms with Crippen LogP contribution in [0.5, 0.6) is 0 Å². The molecule has 1 aromatic rings. The molecule has 1 aromatic carbocycles. The van der Waals surface area contributed by atoms with Gasteiger partial charge in [0.25, 0.3) is 11.8 Å². The van der Waals surface area contributed by atoms with E-state index >= 15 is 0 Å². The minimum absolute atomic E-state index is 0.0358. The van der Waals surface area contributed by atoms with Gasteiger partial charge >= 0.3 is 12.0 Å². The predicted molar refractivity (Wildman–Crippen MR) is 127 cm³/mol. The van der Waals surface area contributed by atoms with Gasteiger partial charge in [0.15, 0.2) is 6.61 Å². The normalized spacial score (nSPS) is 12.1. The molecular formula is C23H35N3O5S. The van der Waals surface area contributed by atoms with Crippen molar-refractivity contribution in [2.45, 2.75) is 52.5 Å². The van der Waals surface area contributed by atoms with Crippen molar-refractivity contribution >= 4 is 35.6 Å². The van der Waals surface area contributed by atoms with Crippen LogP contribution in [0.15, 0.2) is 24.3 Å². The number of nitrogens with one attached hydrogen (secondary N) is 3. The number of carbonyl (C=O) groups excluding carboxylic acids is 4. The minimum atomic E-state index is -0.903. The summed E-state index contributed by atoms with van der Waals surface area (Å²) in [5.41, 5.74) is 1.49. The number of amides is 4. The number of thioether (sulfide) groups is 1. The summed E-state index contributed by atoms with van der Waals surface area (Å²) >= 11 is 1.52. The Bertz CT molecular complexity index is 788. The van der Waals surface area contributed by atoms with E-state index in [4.69, 9.17) is 4.74 Å². The number of benzene rings is 1. The van der Waals surface area contributed by atoms with Gasteiger partial charge in [-0.3, -0.25) is 14.9 Å². The van der Waals surface area contributed by atoms with Crippen molar-refractivity contribution in [1.29, 1.82) is 0 Å². The van der Waals surface area contributed by atoms with E-state index in [2.05, 4.69) is 36.7 Å². The van der Waals surface area contributed by atoms with Crippen molar-refractivity contribution in [3.8, 4) is 0 Å². The summed E-state index contributed by atoms with van der Waals surface area (Å²) in [4.78, 5) is 48.6. The molecule has 0 heterocycles. The Morgan fingerprint density at radius 1 is 1.06 bits per heavy atom. The fourth-order valence-electron chi connectivity index (χ4n) is 2.59. The molecule has 0 aliphatic heterocycles. The van der Waals surface area contributed by atoms with Crippen molar-refractivity contribution in [2.24, 2.45) is 5.92 Å². The number of rotatable bonds is 10. The highest BCUT2D eigenvalue weighted by Gasteiger charge is 2.24. The summed E-state index contributed by atoms with van der Waals surface area (Å²) in [5, 5.41) is 7.32. The molecule has 178 valence electrons. The predicted octanol–water partition coefficient (Wildman–Crippen LogP) is 2.86. The molecule has 0 radical (unpaired) electrons. The van der Waals surface area contributed by atoms with Gasteiger partial charge in [0.05, 0.1) is 0 Å². The fourth-order valence-corrected chi connectivity index (χ4v) is 3.06. The Hall–Kier alpha value is -2.55. The third-order valence-corrected chi connectivity index (χ3v) is 5.13. The Morgan fingerprint density at radius 2 is 1.69 bits per heavy atom. The number of esters is 1. The van der Waals surface area contributed by atoms with Crippen LogP contribution in [0.25, 0.3) is 0 Å². The summed E-state index contributed by atoms with van der Waals surface area (Å²) in [6, 6.07) is 5.66. The highest BCUT2D eigenvalue weighted by atomic mass is 32.2. The first-order chi connectivity index (χ1) is 14.9. The molecule has 1 rings (SSSR count). The molecule has 8 nitrogen and oxygen atoms in total. The van der Waals surface area contributed by atoms with Crippen LogP contribution >= 0.6 is 11.8 Å². The lowest BCUT2D eigenvalue weighted by Crippen LogP contribution is -2.45. The zero-order valence-corrected chi connectivity index (χ0v) is 20.6. The molecular weight excluding hydrogens is 430 g/mol. The van der Waals surface area contributed by atoms with Gasteiger partial charge in [-0.1, -0.05) is 46.8 Å². The fraction of sp³-hybridized carbons (Fsp3) is 0.565. The van der Waals surface area contributed by atoms with E-state index in [-0.39, 0.29) is 11.3 Å². The van der Waals surface area contributed by atoms with Gasteiger partial charge < -0.3 is 15.4 Å². The molecule has 0 aliphatic carbocycles. The van der Waals surface area contributed by atoms with Gasteiger partial charge in [-0.15, -0.1) is 0 Å². The van der Waals surface area contributed by atoms with Crippen LogP contribution in [0.1, 0.15) is 57.0 Å². The van der Waals surface area contributed by atoms with Crippen LogP contribution < -0.4 is 16.0 Å². The van der Waals surface area contributed by atoms with E-state index in [0.29, 0.717) is 24.3 Å². The number of imide groups is 1. The van der Waals surface area contributed by atoms with Gasteiger partial charge in [0.1, 0.15) is 6.04 Å². The van der Waals surface area contributed by atoms with E-state index in [9.17, 15) is 19.2 Å². The average molecular weight is 466 g/mol. The molecule has 0 saturated carbocycles. The third-order valence-electron chi connectivity index (χ3n) is 4.48. The Labute approximate surface area is 194 Å². The first kappa shape index (κ1) is 27.5. The third kappa shape index (κ3) is 10.2. The summed E-state index contributed by atoms with van der Waals surface area (Å²) in [6.07, 6.45) is 2.24. The first-order valence-corrected chi connectivity index (χ1v) is 12.0. The van der Waals surface area contributed by atoms with Gasteiger partial charge in [-0.25, -0.2) is 9.59 Å². The second-order valence-corrected chi connectivity index (χ2v) is 9.88. The molecule has 0 saturated heterocycles. The van der Waals surface area contributed by atoms with E-state index < -0.39 is 36.5 Å². The van der Waals surface area contributed by atoms with Crippen LogP contribution in [0, 0.1) is 5.92 Å². The Kier molecular flexibility index (Phi) is 11.3. The molecule has 1 atom stereocenters. The van der Waals surface area contributed by atoms with Gasteiger partial charge in [0.2, 0.25) is 0 Å². The van der Waals surface area contributed by atoms with E-state index in [1.54, 1.807) is 12.1 Å². The van der Waals surface area contributed by atoms with Crippen molar-refractivity contribution < 1.29 is 23.9 Å². The number of urea groups is 1.